The molecule has 0 N–H and O–H groups in total. The van der Waals surface area contributed by atoms with Gasteiger partial charge in [-0.3, -0.25) is 9.98 Å². The van der Waals surface area contributed by atoms with Crippen molar-refractivity contribution in [3.63, 3.8) is 0 Å². The third-order valence-electron chi connectivity index (χ3n) is 3.20. The van der Waals surface area contributed by atoms with E-state index in [4.69, 9.17) is 4.99 Å². The zero-order valence-corrected chi connectivity index (χ0v) is 9.80. The average molecular weight is 222 g/mol. The van der Waals surface area contributed by atoms with Gasteiger partial charge in [0.25, 0.3) is 0 Å². The minimum atomic E-state index is -0.227. The zero-order chi connectivity index (χ0) is 11.7. The monoisotopic (exact) mass is 222 g/mol. The molecule has 0 aliphatic carbocycles. The van der Waals surface area contributed by atoms with E-state index in [0.29, 0.717) is 6.54 Å². The lowest BCUT2D eigenvalue weighted by Crippen LogP contribution is -2.38. The Bertz CT molecular complexity index is 646. The van der Waals surface area contributed by atoms with E-state index in [1.165, 1.54) is 5.56 Å². The Labute approximate surface area is 100 Å². The van der Waals surface area contributed by atoms with Crippen molar-refractivity contribution in [2.75, 3.05) is 6.54 Å². The Hall–Kier alpha value is -1.96. The van der Waals surface area contributed by atoms with Crippen LogP contribution in [-0.2, 0) is 5.54 Å². The van der Waals surface area contributed by atoms with E-state index in [-0.39, 0.29) is 5.54 Å². The highest BCUT2D eigenvalue weighted by Gasteiger charge is 2.26. The SMILES string of the molecule is CC1(c2ccccc2)CN=c2ccccc2=N1. The molecule has 1 heterocycles. The van der Waals surface area contributed by atoms with Gasteiger partial charge in [-0.2, -0.15) is 0 Å². The first-order chi connectivity index (χ1) is 8.28. The van der Waals surface area contributed by atoms with Gasteiger partial charge in [0.15, 0.2) is 0 Å². The van der Waals surface area contributed by atoms with Crippen LogP contribution in [0.1, 0.15) is 12.5 Å². The molecule has 0 amide bonds. The molecule has 3 rings (SSSR count). The smallest absolute Gasteiger partial charge is 0.103 e. The predicted molar refractivity (Wildman–Crippen MR) is 67.4 cm³/mol. The molecule has 0 saturated carbocycles. The van der Waals surface area contributed by atoms with Crippen LogP contribution in [-0.4, -0.2) is 6.54 Å². The average Bonchev–Trinajstić information content (AvgIpc) is 2.40. The highest BCUT2D eigenvalue weighted by molar-refractivity contribution is 5.25. The summed E-state index contributed by atoms with van der Waals surface area (Å²) in [7, 11) is 0. The van der Waals surface area contributed by atoms with Gasteiger partial charge < -0.3 is 0 Å². The highest BCUT2D eigenvalue weighted by Crippen LogP contribution is 2.25. The van der Waals surface area contributed by atoms with Crippen LogP contribution in [0.4, 0.5) is 0 Å². The molecule has 2 aromatic rings. The second-order valence-electron chi connectivity index (χ2n) is 4.56. The van der Waals surface area contributed by atoms with Gasteiger partial charge in [-0.1, -0.05) is 42.5 Å². The number of nitrogens with zero attached hydrogens (tertiary/aromatic N) is 2. The van der Waals surface area contributed by atoms with E-state index in [1.54, 1.807) is 0 Å². The summed E-state index contributed by atoms with van der Waals surface area (Å²) < 4.78 is 0. The fourth-order valence-electron chi connectivity index (χ4n) is 2.19. The van der Waals surface area contributed by atoms with E-state index in [1.807, 2.05) is 30.3 Å². The van der Waals surface area contributed by atoms with Gasteiger partial charge in [0.2, 0.25) is 0 Å². The molecular formula is C15H14N2. The second-order valence-corrected chi connectivity index (χ2v) is 4.56. The topological polar surface area (TPSA) is 24.7 Å². The van der Waals surface area contributed by atoms with Crippen molar-refractivity contribution < 1.29 is 0 Å². The Morgan fingerprint density at radius 1 is 0.882 bits per heavy atom. The maximum Gasteiger partial charge on any atom is 0.103 e. The second kappa shape index (κ2) is 3.81. The minimum Gasteiger partial charge on any atom is -0.280 e. The lowest BCUT2D eigenvalue weighted by molar-refractivity contribution is 0.478. The van der Waals surface area contributed by atoms with Crippen molar-refractivity contribution in [1.82, 2.24) is 0 Å². The summed E-state index contributed by atoms with van der Waals surface area (Å²) in [5.74, 6) is 0. The Morgan fingerprint density at radius 2 is 1.53 bits per heavy atom. The van der Waals surface area contributed by atoms with Crippen LogP contribution in [0.25, 0.3) is 0 Å². The summed E-state index contributed by atoms with van der Waals surface area (Å²) in [6.45, 7) is 2.86. The molecule has 0 spiro atoms. The first-order valence-electron chi connectivity index (χ1n) is 5.83. The summed E-state index contributed by atoms with van der Waals surface area (Å²) in [5.41, 5.74) is 0.994. The Morgan fingerprint density at radius 3 is 2.29 bits per heavy atom. The summed E-state index contributed by atoms with van der Waals surface area (Å²) in [4.78, 5) is 9.48. The summed E-state index contributed by atoms with van der Waals surface area (Å²) in [6.07, 6.45) is 0. The van der Waals surface area contributed by atoms with Gasteiger partial charge in [-0.05, 0) is 24.6 Å². The van der Waals surface area contributed by atoms with Gasteiger partial charge in [0.05, 0.1) is 17.3 Å². The molecule has 0 radical (unpaired) electrons. The lowest BCUT2D eigenvalue weighted by atomic mass is 9.92. The third-order valence-corrected chi connectivity index (χ3v) is 3.20. The van der Waals surface area contributed by atoms with Crippen molar-refractivity contribution in [3.8, 4) is 0 Å². The van der Waals surface area contributed by atoms with E-state index in [0.717, 1.165) is 10.7 Å². The molecule has 1 aliphatic rings. The molecule has 2 nitrogen and oxygen atoms in total. The summed E-state index contributed by atoms with van der Waals surface area (Å²) in [5, 5.41) is 1.99. The molecule has 2 heteroatoms. The first kappa shape index (κ1) is 10.2. The fraction of sp³-hybridized carbons (Fsp3) is 0.200. The van der Waals surface area contributed by atoms with Crippen LogP contribution in [0, 0.1) is 0 Å². The Kier molecular flexibility index (Phi) is 2.29. The van der Waals surface area contributed by atoms with Gasteiger partial charge in [-0.25, -0.2) is 0 Å². The van der Waals surface area contributed by atoms with E-state index >= 15 is 0 Å². The summed E-state index contributed by atoms with van der Waals surface area (Å²) in [6, 6.07) is 18.4. The molecule has 0 saturated heterocycles. The predicted octanol–water partition coefficient (Wildman–Crippen LogP) is 1.85. The molecule has 0 fully saturated rings. The number of hydrogen-bond acceptors (Lipinski definition) is 2. The van der Waals surface area contributed by atoms with Crippen LogP contribution < -0.4 is 10.7 Å². The highest BCUT2D eigenvalue weighted by atomic mass is 14.9. The minimum absolute atomic E-state index is 0.227. The van der Waals surface area contributed by atoms with Crippen molar-refractivity contribution in [2.24, 2.45) is 9.98 Å². The van der Waals surface area contributed by atoms with Crippen LogP contribution in [0.2, 0.25) is 0 Å². The molecule has 1 unspecified atom stereocenters. The van der Waals surface area contributed by atoms with Crippen LogP contribution in [0.15, 0.2) is 64.6 Å². The van der Waals surface area contributed by atoms with Crippen molar-refractivity contribution in [3.05, 3.63) is 70.9 Å². The van der Waals surface area contributed by atoms with Crippen molar-refractivity contribution >= 4 is 0 Å². The van der Waals surface area contributed by atoms with Crippen LogP contribution in [0.5, 0.6) is 0 Å². The van der Waals surface area contributed by atoms with E-state index in [2.05, 4.69) is 36.2 Å². The first-order valence-corrected chi connectivity index (χ1v) is 5.83. The lowest BCUT2D eigenvalue weighted by Gasteiger charge is -2.25. The number of hydrogen-bond donors (Lipinski definition) is 0. The van der Waals surface area contributed by atoms with Gasteiger partial charge >= 0.3 is 0 Å². The van der Waals surface area contributed by atoms with Crippen molar-refractivity contribution in [2.45, 2.75) is 12.5 Å². The number of para-hydroxylation sites is 2. The Balaban J connectivity index is 2.17. The molecule has 84 valence electrons. The maximum absolute atomic E-state index is 4.85. The normalized spacial score (nSPS) is 22.2. The van der Waals surface area contributed by atoms with Crippen LogP contribution >= 0.6 is 0 Å². The van der Waals surface area contributed by atoms with E-state index in [9.17, 15) is 0 Å². The molecular weight excluding hydrogens is 208 g/mol. The quantitative estimate of drug-likeness (QED) is 0.703. The maximum atomic E-state index is 4.85. The summed E-state index contributed by atoms with van der Waals surface area (Å²) >= 11 is 0. The fourth-order valence-corrected chi connectivity index (χ4v) is 2.19. The molecule has 2 aromatic carbocycles. The van der Waals surface area contributed by atoms with Crippen LogP contribution in [0.3, 0.4) is 0 Å². The standard InChI is InChI=1S/C15H14N2/c1-15(12-7-3-2-4-8-12)11-16-13-9-5-6-10-14(13)17-15/h2-10H,11H2,1H3. The largest absolute Gasteiger partial charge is 0.280 e. The molecule has 17 heavy (non-hydrogen) atoms. The molecule has 1 atom stereocenters. The molecule has 1 aliphatic heterocycles. The number of fused-ring (bicyclic) bond motifs is 1. The number of benzene rings is 2. The third kappa shape index (κ3) is 1.76. The van der Waals surface area contributed by atoms with Crippen molar-refractivity contribution in [1.29, 1.82) is 0 Å². The van der Waals surface area contributed by atoms with E-state index < -0.39 is 0 Å². The molecule has 0 bridgehead atoms. The number of rotatable bonds is 1. The zero-order valence-electron chi connectivity index (χ0n) is 9.80. The van der Waals surface area contributed by atoms with Gasteiger partial charge in [-0.15, -0.1) is 0 Å². The van der Waals surface area contributed by atoms with Gasteiger partial charge in [0.1, 0.15) is 5.54 Å². The molecule has 0 aromatic heterocycles. The van der Waals surface area contributed by atoms with Gasteiger partial charge in [0, 0.05) is 0 Å².